The highest BCUT2D eigenvalue weighted by Crippen LogP contribution is 2.28. The Kier molecular flexibility index (Phi) is 12.0. The van der Waals surface area contributed by atoms with Gasteiger partial charge in [0.15, 0.2) is 0 Å². The van der Waals surface area contributed by atoms with Crippen molar-refractivity contribution in [1.29, 1.82) is 0 Å². The van der Waals surface area contributed by atoms with Crippen molar-refractivity contribution in [3.63, 3.8) is 0 Å². The van der Waals surface area contributed by atoms with Gasteiger partial charge in [0, 0.05) is 48.1 Å². The molecule has 0 saturated carbocycles. The first-order valence-corrected chi connectivity index (χ1v) is 15.9. The summed E-state index contributed by atoms with van der Waals surface area (Å²) in [5.74, 6) is -1.16. The smallest absolute Gasteiger partial charge is 0.243 e. The molecule has 0 unspecified atom stereocenters. The van der Waals surface area contributed by atoms with Crippen LogP contribution in [0.4, 0.5) is 10.1 Å². The number of amides is 2. The van der Waals surface area contributed by atoms with Gasteiger partial charge < -0.3 is 10.2 Å². The quantitative estimate of drug-likeness (QED) is 0.245. The summed E-state index contributed by atoms with van der Waals surface area (Å²) in [6.45, 7) is 2.36. The molecule has 0 aliphatic carbocycles. The molecular formula is C30H34Cl2FN3O4S. The molecule has 0 spiro atoms. The number of carbonyl (C=O) groups excluding carboxylic acids is 2. The molecule has 7 nitrogen and oxygen atoms in total. The van der Waals surface area contributed by atoms with E-state index in [9.17, 15) is 22.4 Å². The molecule has 2 amide bonds. The van der Waals surface area contributed by atoms with Gasteiger partial charge in [0.25, 0.3) is 0 Å². The van der Waals surface area contributed by atoms with E-state index in [1.165, 1.54) is 29.2 Å². The summed E-state index contributed by atoms with van der Waals surface area (Å²) in [5.41, 5.74) is 1.67. The molecule has 1 atom stereocenters. The summed E-state index contributed by atoms with van der Waals surface area (Å²) in [5, 5.41) is 3.63. The van der Waals surface area contributed by atoms with Gasteiger partial charge in [-0.1, -0.05) is 66.5 Å². The maximum absolute atomic E-state index is 13.8. The summed E-state index contributed by atoms with van der Waals surface area (Å²) < 4.78 is 39.6. The summed E-state index contributed by atoms with van der Waals surface area (Å²) in [4.78, 5) is 28.8. The van der Waals surface area contributed by atoms with Crippen LogP contribution in [0.5, 0.6) is 0 Å². The highest BCUT2D eigenvalue weighted by molar-refractivity contribution is 7.92. The Bertz CT molecular complexity index is 1400. The lowest BCUT2D eigenvalue weighted by Gasteiger charge is -2.32. The lowest BCUT2D eigenvalue weighted by molar-refractivity contribution is -0.141. The van der Waals surface area contributed by atoms with Crippen LogP contribution in [-0.4, -0.2) is 50.5 Å². The maximum atomic E-state index is 13.8. The number of anilines is 1. The second-order valence-corrected chi connectivity index (χ2v) is 12.4. The van der Waals surface area contributed by atoms with E-state index in [-0.39, 0.29) is 44.2 Å². The molecule has 0 saturated heterocycles. The second kappa shape index (κ2) is 15.2. The Morgan fingerprint density at radius 2 is 1.59 bits per heavy atom. The standard InChI is InChI=1S/C30H34Cl2FN3O4S/c1-3-18-34-30(38)28(20-22-9-5-4-6-10-22)35(21-25-26(31)11-7-12-27(25)32)29(37)13-8-19-36(41(2,39)40)24-16-14-23(33)15-17-24/h4-7,9-12,14-17,28H,3,8,13,18-21H2,1-2H3,(H,34,38)/t28-/m0/s1. The van der Waals surface area contributed by atoms with Gasteiger partial charge in [-0.3, -0.25) is 13.9 Å². The molecule has 0 radical (unpaired) electrons. The Balaban J connectivity index is 1.91. The molecule has 220 valence electrons. The minimum absolute atomic E-state index is 0.0116. The molecule has 3 aromatic rings. The molecule has 0 aliphatic rings. The van der Waals surface area contributed by atoms with E-state index in [0.29, 0.717) is 27.8 Å². The zero-order valence-corrected chi connectivity index (χ0v) is 25.4. The van der Waals surface area contributed by atoms with Crippen LogP contribution < -0.4 is 9.62 Å². The van der Waals surface area contributed by atoms with Crippen LogP contribution in [0.15, 0.2) is 72.8 Å². The van der Waals surface area contributed by atoms with Crippen LogP contribution in [-0.2, 0) is 32.6 Å². The van der Waals surface area contributed by atoms with Crippen molar-refractivity contribution >= 4 is 50.7 Å². The lowest BCUT2D eigenvalue weighted by Crippen LogP contribution is -2.50. The molecule has 0 heterocycles. The summed E-state index contributed by atoms with van der Waals surface area (Å²) >= 11 is 12.9. The fourth-order valence-electron chi connectivity index (χ4n) is 4.38. The van der Waals surface area contributed by atoms with E-state index in [1.807, 2.05) is 37.3 Å². The number of nitrogens with zero attached hydrogens (tertiary/aromatic N) is 2. The van der Waals surface area contributed by atoms with Crippen LogP contribution >= 0.6 is 23.2 Å². The van der Waals surface area contributed by atoms with Crippen molar-refractivity contribution in [2.75, 3.05) is 23.7 Å². The van der Waals surface area contributed by atoms with E-state index < -0.39 is 21.9 Å². The minimum atomic E-state index is -3.70. The first-order chi connectivity index (χ1) is 19.5. The highest BCUT2D eigenvalue weighted by Gasteiger charge is 2.31. The molecule has 0 bridgehead atoms. The van der Waals surface area contributed by atoms with Crippen LogP contribution in [0.2, 0.25) is 10.0 Å². The van der Waals surface area contributed by atoms with E-state index in [1.54, 1.807) is 18.2 Å². The fraction of sp³-hybridized carbons (Fsp3) is 0.333. The lowest BCUT2D eigenvalue weighted by atomic mass is 10.0. The molecule has 1 N–H and O–H groups in total. The zero-order chi connectivity index (χ0) is 30.0. The number of hydrogen-bond acceptors (Lipinski definition) is 4. The Labute approximate surface area is 251 Å². The Morgan fingerprint density at radius 1 is 0.951 bits per heavy atom. The summed E-state index contributed by atoms with van der Waals surface area (Å²) in [6, 6.07) is 18.6. The largest absolute Gasteiger partial charge is 0.354 e. The minimum Gasteiger partial charge on any atom is -0.354 e. The van der Waals surface area contributed by atoms with Crippen molar-refractivity contribution in [3.8, 4) is 0 Å². The average molecular weight is 623 g/mol. The number of hydrogen-bond donors (Lipinski definition) is 1. The number of rotatable bonds is 14. The van der Waals surface area contributed by atoms with E-state index in [4.69, 9.17) is 23.2 Å². The van der Waals surface area contributed by atoms with Gasteiger partial charge in [-0.2, -0.15) is 0 Å². The molecule has 41 heavy (non-hydrogen) atoms. The van der Waals surface area contributed by atoms with Crippen molar-refractivity contribution in [3.05, 3.63) is 99.8 Å². The predicted octanol–water partition coefficient (Wildman–Crippen LogP) is 5.85. The maximum Gasteiger partial charge on any atom is 0.243 e. The third kappa shape index (κ3) is 9.45. The third-order valence-electron chi connectivity index (χ3n) is 6.48. The third-order valence-corrected chi connectivity index (χ3v) is 8.38. The van der Waals surface area contributed by atoms with Crippen LogP contribution in [0.3, 0.4) is 0 Å². The molecule has 0 fully saturated rings. The van der Waals surface area contributed by atoms with Gasteiger partial charge in [-0.25, -0.2) is 12.8 Å². The van der Waals surface area contributed by atoms with Crippen molar-refractivity contribution in [1.82, 2.24) is 10.2 Å². The number of nitrogens with one attached hydrogen (secondary N) is 1. The first-order valence-electron chi connectivity index (χ1n) is 13.3. The number of carbonyl (C=O) groups is 2. The van der Waals surface area contributed by atoms with E-state index in [2.05, 4.69) is 5.32 Å². The molecule has 0 aromatic heterocycles. The number of benzene rings is 3. The molecule has 0 aliphatic heterocycles. The van der Waals surface area contributed by atoms with Crippen molar-refractivity contribution in [2.24, 2.45) is 0 Å². The molecule has 3 rings (SSSR count). The van der Waals surface area contributed by atoms with Gasteiger partial charge >= 0.3 is 0 Å². The van der Waals surface area contributed by atoms with Crippen LogP contribution in [0, 0.1) is 5.82 Å². The van der Waals surface area contributed by atoms with Crippen LogP contribution in [0.25, 0.3) is 0 Å². The summed E-state index contributed by atoms with van der Waals surface area (Å²) in [7, 11) is -3.70. The van der Waals surface area contributed by atoms with Crippen molar-refractivity contribution in [2.45, 2.75) is 45.2 Å². The van der Waals surface area contributed by atoms with Gasteiger partial charge in [-0.05, 0) is 54.8 Å². The normalized spacial score (nSPS) is 12.0. The zero-order valence-electron chi connectivity index (χ0n) is 23.0. The Morgan fingerprint density at radius 3 is 2.17 bits per heavy atom. The average Bonchev–Trinajstić information content (AvgIpc) is 2.93. The molecule has 11 heteroatoms. The molecule has 3 aromatic carbocycles. The fourth-order valence-corrected chi connectivity index (χ4v) is 5.87. The second-order valence-electron chi connectivity index (χ2n) is 9.63. The van der Waals surface area contributed by atoms with Gasteiger partial charge in [0.1, 0.15) is 11.9 Å². The number of sulfonamides is 1. The predicted molar refractivity (Wildman–Crippen MR) is 162 cm³/mol. The SMILES string of the molecule is CCCNC(=O)[C@H](Cc1ccccc1)N(Cc1c(Cl)cccc1Cl)C(=O)CCCN(c1ccc(F)cc1)S(C)(=O)=O. The van der Waals surface area contributed by atoms with Gasteiger partial charge in [0.2, 0.25) is 21.8 Å². The van der Waals surface area contributed by atoms with Crippen LogP contribution in [0.1, 0.15) is 37.3 Å². The van der Waals surface area contributed by atoms with E-state index in [0.717, 1.165) is 22.5 Å². The van der Waals surface area contributed by atoms with Gasteiger partial charge in [-0.15, -0.1) is 0 Å². The Hall–Kier alpha value is -3.14. The summed E-state index contributed by atoms with van der Waals surface area (Å²) in [6.07, 6.45) is 2.14. The topological polar surface area (TPSA) is 86.8 Å². The van der Waals surface area contributed by atoms with Gasteiger partial charge in [0.05, 0.1) is 11.9 Å². The molecular weight excluding hydrogens is 588 g/mol. The first kappa shape index (κ1) is 32.4. The highest BCUT2D eigenvalue weighted by atomic mass is 35.5. The number of halogens is 3. The van der Waals surface area contributed by atoms with Crippen molar-refractivity contribution < 1.29 is 22.4 Å². The van der Waals surface area contributed by atoms with E-state index >= 15 is 0 Å². The monoisotopic (exact) mass is 621 g/mol.